The number of hydrogen-bond acceptors (Lipinski definition) is 2. The van der Waals surface area contributed by atoms with Gasteiger partial charge in [-0.2, -0.15) is 0 Å². The molecule has 0 unspecified atom stereocenters. The topological polar surface area (TPSA) is 26.3 Å². The van der Waals surface area contributed by atoms with E-state index in [1.165, 1.54) is 0 Å². The molecule has 0 saturated carbocycles. The van der Waals surface area contributed by atoms with Crippen LogP contribution in [0, 0.1) is 6.92 Å². The molecule has 2 nitrogen and oxygen atoms in total. The molecule has 0 spiro atoms. The third kappa shape index (κ3) is 2.01. The maximum Gasteiger partial charge on any atom is 0.192 e. The number of hydrogen-bond donors (Lipinski definition) is 0. The van der Waals surface area contributed by atoms with Crippen molar-refractivity contribution in [3.05, 3.63) is 41.0 Å². The molecule has 1 aromatic rings. The van der Waals surface area contributed by atoms with E-state index in [-0.39, 0.29) is 5.78 Å². The second-order valence-electron chi connectivity index (χ2n) is 4.15. The number of aryl methyl sites for hydroxylation is 1. The molecule has 0 heterocycles. The number of ether oxygens (including phenoxy) is 1. The van der Waals surface area contributed by atoms with Gasteiger partial charge in [-0.3, -0.25) is 4.79 Å². The van der Waals surface area contributed by atoms with Crippen molar-refractivity contribution in [3.63, 3.8) is 0 Å². The largest absolute Gasteiger partial charge is 0.496 e. The highest BCUT2D eigenvalue weighted by Gasteiger charge is 2.18. The second kappa shape index (κ2) is 4.52. The number of carbonyl (C=O) groups excluding carboxylic acids is 1. The van der Waals surface area contributed by atoms with E-state index in [9.17, 15) is 4.79 Å². The van der Waals surface area contributed by atoms with E-state index in [4.69, 9.17) is 4.74 Å². The van der Waals surface area contributed by atoms with Gasteiger partial charge in [0.15, 0.2) is 5.78 Å². The van der Waals surface area contributed by atoms with Gasteiger partial charge in [0.05, 0.1) is 12.7 Å². The predicted molar refractivity (Wildman–Crippen MR) is 64.0 cm³/mol. The maximum atomic E-state index is 12.2. The lowest BCUT2D eigenvalue weighted by molar-refractivity contribution is 0.102. The first kappa shape index (κ1) is 10.9. The van der Waals surface area contributed by atoms with Crippen LogP contribution in [0.1, 0.15) is 35.2 Å². The Bertz CT molecular complexity index is 444. The van der Waals surface area contributed by atoms with Crippen molar-refractivity contribution in [3.8, 4) is 5.75 Å². The van der Waals surface area contributed by atoms with Crippen molar-refractivity contribution in [2.75, 3.05) is 7.11 Å². The lowest BCUT2D eigenvalue weighted by Gasteiger charge is -2.09. The van der Waals surface area contributed by atoms with Crippen LogP contribution in [0.25, 0.3) is 0 Å². The number of benzene rings is 1. The minimum absolute atomic E-state index is 0.123. The molecular formula is C14H16O2. The highest BCUT2D eigenvalue weighted by molar-refractivity contribution is 6.10. The molecule has 16 heavy (non-hydrogen) atoms. The van der Waals surface area contributed by atoms with Crippen LogP contribution >= 0.6 is 0 Å². The number of carbonyl (C=O) groups is 1. The lowest BCUT2D eigenvalue weighted by atomic mass is 10.0. The fraction of sp³-hybridized carbons (Fsp3) is 0.357. The van der Waals surface area contributed by atoms with Crippen LogP contribution in [0.4, 0.5) is 0 Å². The number of rotatable bonds is 3. The first-order chi connectivity index (χ1) is 7.72. The maximum absolute atomic E-state index is 12.2. The Morgan fingerprint density at radius 1 is 1.38 bits per heavy atom. The van der Waals surface area contributed by atoms with Crippen LogP contribution in [0.5, 0.6) is 5.75 Å². The molecule has 0 atom stereocenters. The fourth-order valence-electron chi connectivity index (χ4n) is 2.05. The summed E-state index contributed by atoms with van der Waals surface area (Å²) >= 11 is 0. The molecule has 1 aliphatic rings. The van der Waals surface area contributed by atoms with E-state index in [0.29, 0.717) is 11.3 Å². The van der Waals surface area contributed by atoms with Crippen molar-refractivity contribution in [1.29, 1.82) is 0 Å². The van der Waals surface area contributed by atoms with Crippen LogP contribution in [0.2, 0.25) is 0 Å². The molecule has 1 aromatic carbocycles. The van der Waals surface area contributed by atoms with Crippen LogP contribution in [-0.4, -0.2) is 12.9 Å². The summed E-state index contributed by atoms with van der Waals surface area (Å²) in [6, 6.07) is 5.72. The van der Waals surface area contributed by atoms with Gasteiger partial charge in [-0.05, 0) is 43.9 Å². The number of methoxy groups -OCH3 is 1. The van der Waals surface area contributed by atoms with Crippen molar-refractivity contribution in [2.45, 2.75) is 26.2 Å². The van der Waals surface area contributed by atoms with Crippen molar-refractivity contribution in [1.82, 2.24) is 0 Å². The minimum atomic E-state index is 0.123. The van der Waals surface area contributed by atoms with Crippen molar-refractivity contribution < 1.29 is 9.53 Å². The predicted octanol–water partition coefficient (Wildman–Crippen LogP) is 3.30. The van der Waals surface area contributed by atoms with Crippen LogP contribution in [0.15, 0.2) is 29.8 Å². The van der Waals surface area contributed by atoms with Gasteiger partial charge < -0.3 is 4.74 Å². The Kier molecular flexibility index (Phi) is 3.09. The van der Waals surface area contributed by atoms with Gasteiger partial charge in [0, 0.05) is 0 Å². The molecule has 0 fully saturated rings. The zero-order valence-corrected chi connectivity index (χ0v) is 9.75. The zero-order chi connectivity index (χ0) is 11.5. The van der Waals surface area contributed by atoms with E-state index in [1.807, 2.05) is 31.2 Å². The highest BCUT2D eigenvalue weighted by Crippen LogP contribution is 2.27. The second-order valence-corrected chi connectivity index (χ2v) is 4.15. The van der Waals surface area contributed by atoms with Crippen molar-refractivity contribution >= 4 is 5.78 Å². The summed E-state index contributed by atoms with van der Waals surface area (Å²) in [6.45, 7) is 1.99. The molecular weight excluding hydrogens is 200 g/mol. The van der Waals surface area contributed by atoms with E-state index in [1.54, 1.807) is 7.11 Å². The Morgan fingerprint density at radius 2 is 2.19 bits per heavy atom. The highest BCUT2D eigenvalue weighted by atomic mass is 16.5. The van der Waals surface area contributed by atoms with Crippen LogP contribution in [0.3, 0.4) is 0 Å². The number of Topliss-reactive ketones (excluding diaryl/α,β-unsaturated/α-hetero) is 1. The Labute approximate surface area is 95.9 Å². The van der Waals surface area contributed by atoms with E-state index in [2.05, 4.69) is 0 Å². The molecule has 0 saturated heterocycles. The molecule has 0 bridgehead atoms. The molecule has 1 aliphatic carbocycles. The van der Waals surface area contributed by atoms with Gasteiger partial charge in [0.1, 0.15) is 5.75 Å². The Balaban J connectivity index is 2.38. The molecule has 84 valence electrons. The van der Waals surface area contributed by atoms with Gasteiger partial charge in [-0.15, -0.1) is 0 Å². The molecule has 0 N–H and O–H groups in total. The molecule has 0 radical (unpaired) electrons. The monoisotopic (exact) mass is 216 g/mol. The summed E-state index contributed by atoms with van der Waals surface area (Å²) in [5, 5.41) is 0. The summed E-state index contributed by atoms with van der Waals surface area (Å²) < 4.78 is 5.23. The van der Waals surface area contributed by atoms with Crippen LogP contribution in [-0.2, 0) is 0 Å². The molecule has 0 amide bonds. The summed E-state index contributed by atoms with van der Waals surface area (Å²) in [5.74, 6) is 0.793. The smallest absolute Gasteiger partial charge is 0.192 e. The minimum Gasteiger partial charge on any atom is -0.496 e. The van der Waals surface area contributed by atoms with Gasteiger partial charge in [0.25, 0.3) is 0 Å². The van der Waals surface area contributed by atoms with E-state index in [0.717, 1.165) is 30.4 Å². The summed E-state index contributed by atoms with van der Waals surface area (Å²) in [4.78, 5) is 12.2. The summed E-state index contributed by atoms with van der Waals surface area (Å²) in [7, 11) is 1.60. The molecule has 2 heteroatoms. The zero-order valence-electron chi connectivity index (χ0n) is 9.75. The molecule has 0 aromatic heterocycles. The number of ketones is 1. The molecule has 0 aliphatic heterocycles. The normalized spacial score (nSPS) is 14.8. The fourth-order valence-corrected chi connectivity index (χ4v) is 2.05. The van der Waals surface area contributed by atoms with Crippen molar-refractivity contribution in [2.24, 2.45) is 0 Å². The average Bonchev–Trinajstić information content (AvgIpc) is 2.81. The summed E-state index contributed by atoms with van der Waals surface area (Å²) in [6.07, 6.45) is 5.06. The standard InChI is InChI=1S/C14H16O2/c1-10-7-8-13(16-2)12(9-10)14(15)11-5-3-4-6-11/h5,7-9H,3-4,6H2,1-2H3. The number of allylic oxidation sites excluding steroid dienone is 2. The Hall–Kier alpha value is -1.57. The van der Waals surface area contributed by atoms with Gasteiger partial charge in [-0.25, -0.2) is 0 Å². The first-order valence-corrected chi connectivity index (χ1v) is 5.61. The SMILES string of the molecule is COc1ccc(C)cc1C(=O)C1=CCCC1. The summed E-state index contributed by atoms with van der Waals surface area (Å²) in [5.41, 5.74) is 2.71. The van der Waals surface area contributed by atoms with E-state index < -0.39 is 0 Å². The van der Waals surface area contributed by atoms with Gasteiger partial charge in [-0.1, -0.05) is 17.7 Å². The third-order valence-electron chi connectivity index (χ3n) is 2.93. The van der Waals surface area contributed by atoms with Gasteiger partial charge >= 0.3 is 0 Å². The third-order valence-corrected chi connectivity index (χ3v) is 2.93. The molecule has 2 rings (SSSR count). The van der Waals surface area contributed by atoms with E-state index >= 15 is 0 Å². The quantitative estimate of drug-likeness (QED) is 0.725. The lowest BCUT2D eigenvalue weighted by Crippen LogP contribution is -2.04. The Morgan fingerprint density at radius 3 is 2.81 bits per heavy atom. The van der Waals surface area contributed by atoms with Gasteiger partial charge in [0.2, 0.25) is 0 Å². The average molecular weight is 216 g/mol. The first-order valence-electron chi connectivity index (χ1n) is 5.61. The van der Waals surface area contributed by atoms with Crippen LogP contribution < -0.4 is 4.74 Å².